The largest absolute Gasteiger partial charge is 0.389 e. The number of anilines is 1. The summed E-state index contributed by atoms with van der Waals surface area (Å²) in [5, 5.41) is 3.32. The van der Waals surface area contributed by atoms with Crippen molar-refractivity contribution in [1.29, 1.82) is 0 Å². The Morgan fingerprint density at radius 1 is 1.23 bits per heavy atom. The summed E-state index contributed by atoms with van der Waals surface area (Å²) in [6.07, 6.45) is 3.01. The minimum atomic E-state index is 0.806. The van der Waals surface area contributed by atoms with Gasteiger partial charge in [-0.05, 0) is 30.0 Å². The first-order chi connectivity index (χ1) is 6.33. The SMILES string of the molecule is CCc1cccc(NC[Si])c1CC. The molecule has 0 aromatic heterocycles. The number of nitrogens with one attached hydrogen (secondary N) is 1. The van der Waals surface area contributed by atoms with Gasteiger partial charge in [0.1, 0.15) is 0 Å². The maximum absolute atomic E-state index is 3.43. The molecular weight excluding hydrogens is 174 g/mol. The van der Waals surface area contributed by atoms with Gasteiger partial charge in [-0.15, -0.1) is 0 Å². The van der Waals surface area contributed by atoms with E-state index in [9.17, 15) is 0 Å². The van der Waals surface area contributed by atoms with Crippen LogP contribution in [0.1, 0.15) is 25.0 Å². The average molecular weight is 190 g/mol. The molecule has 0 unspecified atom stereocenters. The lowest BCUT2D eigenvalue weighted by molar-refractivity contribution is 1.04. The van der Waals surface area contributed by atoms with Crippen molar-refractivity contribution in [1.82, 2.24) is 0 Å². The topological polar surface area (TPSA) is 12.0 Å². The Morgan fingerprint density at radius 2 is 2.00 bits per heavy atom. The molecule has 0 atom stereocenters. The fourth-order valence-corrected chi connectivity index (χ4v) is 1.83. The van der Waals surface area contributed by atoms with Crippen LogP contribution >= 0.6 is 0 Å². The smallest absolute Gasteiger partial charge is 0.0509 e. The summed E-state index contributed by atoms with van der Waals surface area (Å²) in [4.78, 5) is 0. The lowest BCUT2D eigenvalue weighted by Gasteiger charge is -2.12. The molecule has 1 aromatic carbocycles. The predicted molar refractivity (Wildman–Crippen MR) is 59.4 cm³/mol. The highest BCUT2D eigenvalue weighted by Gasteiger charge is 2.03. The molecule has 1 N–H and O–H groups in total. The van der Waals surface area contributed by atoms with E-state index < -0.39 is 0 Å². The summed E-state index contributed by atoms with van der Waals surface area (Å²) >= 11 is 0. The number of hydrogen-bond donors (Lipinski definition) is 1. The van der Waals surface area contributed by atoms with Crippen LogP contribution in [0.25, 0.3) is 0 Å². The van der Waals surface area contributed by atoms with E-state index in [-0.39, 0.29) is 0 Å². The second kappa shape index (κ2) is 5.07. The number of aryl methyl sites for hydroxylation is 1. The van der Waals surface area contributed by atoms with E-state index >= 15 is 0 Å². The molecule has 0 saturated carbocycles. The molecule has 0 aliphatic heterocycles. The minimum Gasteiger partial charge on any atom is -0.389 e. The van der Waals surface area contributed by atoms with Gasteiger partial charge in [0.15, 0.2) is 0 Å². The Hall–Kier alpha value is -0.763. The molecule has 1 rings (SSSR count). The highest BCUT2D eigenvalue weighted by Crippen LogP contribution is 2.20. The van der Waals surface area contributed by atoms with E-state index in [0.717, 1.165) is 19.0 Å². The molecule has 0 amide bonds. The van der Waals surface area contributed by atoms with Crippen molar-refractivity contribution in [2.45, 2.75) is 26.7 Å². The van der Waals surface area contributed by atoms with Crippen LogP contribution < -0.4 is 5.32 Å². The van der Waals surface area contributed by atoms with E-state index in [1.54, 1.807) is 0 Å². The van der Waals surface area contributed by atoms with Gasteiger partial charge in [-0.3, -0.25) is 0 Å². The summed E-state index contributed by atoms with van der Waals surface area (Å²) in [7, 11) is 3.43. The number of benzene rings is 1. The van der Waals surface area contributed by atoms with Crippen LogP contribution in [0.15, 0.2) is 18.2 Å². The molecule has 0 aliphatic rings. The molecule has 0 spiro atoms. The van der Waals surface area contributed by atoms with Crippen molar-refractivity contribution >= 4 is 15.9 Å². The zero-order valence-corrected chi connectivity index (χ0v) is 9.35. The Bertz CT molecular complexity index is 271. The van der Waals surface area contributed by atoms with Gasteiger partial charge >= 0.3 is 0 Å². The van der Waals surface area contributed by atoms with Gasteiger partial charge in [0.25, 0.3) is 0 Å². The van der Waals surface area contributed by atoms with Gasteiger partial charge in [0.2, 0.25) is 0 Å². The molecule has 0 saturated heterocycles. The second-order valence-electron chi connectivity index (χ2n) is 3.00. The van der Waals surface area contributed by atoms with Crippen LogP contribution in [0.4, 0.5) is 5.69 Å². The third-order valence-corrected chi connectivity index (χ3v) is 2.46. The molecule has 1 aromatic rings. The summed E-state index contributed by atoms with van der Waals surface area (Å²) in [6.45, 7) is 4.40. The van der Waals surface area contributed by atoms with Crippen molar-refractivity contribution < 1.29 is 0 Å². The maximum Gasteiger partial charge on any atom is 0.0509 e. The van der Waals surface area contributed by atoms with Gasteiger partial charge in [-0.25, -0.2) is 0 Å². The molecule has 2 heteroatoms. The first-order valence-electron chi connectivity index (χ1n) is 4.82. The zero-order valence-electron chi connectivity index (χ0n) is 8.35. The summed E-state index contributed by atoms with van der Waals surface area (Å²) in [5.41, 5.74) is 4.16. The molecule has 0 heterocycles. The van der Waals surface area contributed by atoms with Gasteiger partial charge in [-0.1, -0.05) is 26.0 Å². The molecule has 13 heavy (non-hydrogen) atoms. The van der Waals surface area contributed by atoms with Gasteiger partial charge in [0.05, 0.1) is 10.2 Å². The summed E-state index contributed by atoms with van der Waals surface area (Å²) in [6, 6.07) is 6.46. The highest BCUT2D eigenvalue weighted by molar-refractivity contribution is 6.10. The molecule has 0 bridgehead atoms. The quantitative estimate of drug-likeness (QED) is 0.719. The van der Waals surface area contributed by atoms with Gasteiger partial charge in [-0.2, -0.15) is 0 Å². The van der Waals surface area contributed by atoms with Crippen molar-refractivity contribution in [2.75, 3.05) is 11.5 Å². The first kappa shape index (κ1) is 10.3. The van der Waals surface area contributed by atoms with Crippen LogP contribution in [0.3, 0.4) is 0 Å². The van der Waals surface area contributed by atoms with Crippen molar-refractivity contribution in [3.05, 3.63) is 29.3 Å². The molecule has 3 radical (unpaired) electrons. The summed E-state index contributed by atoms with van der Waals surface area (Å²) < 4.78 is 0. The second-order valence-corrected chi connectivity index (χ2v) is 3.36. The fraction of sp³-hybridized carbons (Fsp3) is 0.455. The molecule has 0 fully saturated rings. The Balaban J connectivity index is 3.03. The highest BCUT2D eigenvalue weighted by atomic mass is 28.1. The van der Waals surface area contributed by atoms with Crippen LogP contribution in [0.2, 0.25) is 0 Å². The van der Waals surface area contributed by atoms with Crippen molar-refractivity contribution in [3.63, 3.8) is 0 Å². The standard InChI is InChI=1S/C11H16NSi/c1-3-9-6-5-7-11(12-8-13)10(9)4-2/h5-7,12H,3-4,8H2,1-2H3. The number of hydrogen-bond acceptors (Lipinski definition) is 1. The Morgan fingerprint density at radius 3 is 2.54 bits per heavy atom. The lowest BCUT2D eigenvalue weighted by Crippen LogP contribution is -2.05. The third kappa shape index (κ3) is 2.34. The van der Waals surface area contributed by atoms with Gasteiger partial charge < -0.3 is 5.32 Å². The van der Waals surface area contributed by atoms with Crippen LogP contribution in [-0.2, 0) is 12.8 Å². The summed E-state index contributed by atoms with van der Waals surface area (Å²) in [5.74, 6) is 0. The van der Waals surface area contributed by atoms with Crippen LogP contribution in [0, 0.1) is 0 Å². The molecule has 0 aliphatic carbocycles. The third-order valence-electron chi connectivity index (χ3n) is 2.29. The normalized spacial score (nSPS) is 10.1. The van der Waals surface area contributed by atoms with E-state index in [1.165, 1.54) is 16.8 Å². The van der Waals surface area contributed by atoms with E-state index in [0.29, 0.717) is 0 Å². The van der Waals surface area contributed by atoms with Crippen molar-refractivity contribution in [2.24, 2.45) is 0 Å². The minimum absolute atomic E-state index is 0.806. The number of rotatable bonds is 4. The van der Waals surface area contributed by atoms with E-state index in [1.807, 2.05) is 0 Å². The Kier molecular flexibility index (Phi) is 4.03. The Labute approximate surface area is 84.0 Å². The van der Waals surface area contributed by atoms with Gasteiger partial charge in [0, 0.05) is 11.9 Å². The molecular formula is C11H16NSi. The predicted octanol–water partition coefficient (Wildman–Crippen LogP) is 2.35. The van der Waals surface area contributed by atoms with Crippen molar-refractivity contribution in [3.8, 4) is 0 Å². The zero-order chi connectivity index (χ0) is 9.68. The maximum atomic E-state index is 3.43. The first-order valence-corrected chi connectivity index (χ1v) is 5.53. The lowest BCUT2D eigenvalue weighted by atomic mass is 10.0. The fourth-order valence-electron chi connectivity index (χ4n) is 1.64. The average Bonchev–Trinajstić information content (AvgIpc) is 2.18. The van der Waals surface area contributed by atoms with Crippen LogP contribution in [-0.4, -0.2) is 16.4 Å². The molecule has 1 nitrogen and oxygen atoms in total. The monoisotopic (exact) mass is 190 g/mol. The van der Waals surface area contributed by atoms with Crippen LogP contribution in [0.5, 0.6) is 0 Å². The molecule has 69 valence electrons. The van der Waals surface area contributed by atoms with E-state index in [4.69, 9.17) is 0 Å². The van der Waals surface area contributed by atoms with E-state index in [2.05, 4.69) is 47.6 Å².